The maximum Gasteiger partial charge on any atom is 0.224 e. The molecule has 1 amide bonds. The summed E-state index contributed by atoms with van der Waals surface area (Å²) in [5.74, 6) is -0.211. The smallest absolute Gasteiger partial charge is 0.224 e. The summed E-state index contributed by atoms with van der Waals surface area (Å²) in [4.78, 5) is 14.6. The number of halogens is 1. The molecule has 4 aliphatic heterocycles. The topological polar surface area (TPSA) is 65.6 Å². The SMILES string of the molecule is O=C1NCCN2C(NC3CC4CCC3O4)NC3CC(F)CC1C32. The fraction of sp³-hybridized carbons (Fsp3) is 0.938. The zero-order chi connectivity index (χ0) is 15.6. The number of nitrogens with zero attached hydrogens (tertiary/aromatic N) is 1. The van der Waals surface area contributed by atoms with Gasteiger partial charge in [0.05, 0.1) is 18.1 Å². The first-order valence-electron chi connectivity index (χ1n) is 9.04. The van der Waals surface area contributed by atoms with Crippen LogP contribution in [0.15, 0.2) is 0 Å². The second-order valence-corrected chi connectivity index (χ2v) is 7.75. The summed E-state index contributed by atoms with van der Waals surface area (Å²) in [5, 5.41) is 10.2. The molecule has 4 heterocycles. The van der Waals surface area contributed by atoms with E-state index in [0.717, 1.165) is 19.4 Å². The van der Waals surface area contributed by atoms with Crippen molar-refractivity contribution in [3.8, 4) is 0 Å². The Bertz CT molecular complexity index is 506. The van der Waals surface area contributed by atoms with E-state index in [1.165, 1.54) is 6.42 Å². The highest BCUT2D eigenvalue weighted by molar-refractivity contribution is 5.80. The molecule has 128 valence electrons. The molecule has 0 radical (unpaired) electrons. The van der Waals surface area contributed by atoms with Gasteiger partial charge in [0.1, 0.15) is 12.5 Å². The van der Waals surface area contributed by atoms with Crippen molar-refractivity contribution in [2.75, 3.05) is 13.1 Å². The normalized spacial score (nSPS) is 52.3. The number of hydrogen-bond acceptors (Lipinski definition) is 5. The number of fused-ring (bicyclic) bond motifs is 2. The Hall–Kier alpha value is -0.760. The lowest BCUT2D eigenvalue weighted by Crippen LogP contribution is -2.56. The van der Waals surface area contributed by atoms with Crippen molar-refractivity contribution in [1.82, 2.24) is 20.9 Å². The molecular weight excluding hydrogens is 299 g/mol. The summed E-state index contributed by atoms with van der Waals surface area (Å²) in [6, 6.07) is 0.545. The molecular formula is C16H25FN4O2. The molecule has 5 fully saturated rings. The summed E-state index contributed by atoms with van der Waals surface area (Å²) in [5.41, 5.74) is 0. The van der Waals surface area contributed by atoms with E-state index in [9.17, 15) is 9.18 Å². The van der Waals surface area contributed by atoms with Crippen LogP contribution in [0.1, 0.15) is 32.1 Å². The van der Waals surface area contributed by atoms with E-state index >= 15 is 0 Å². The molecule has 1 aliphatic carbocycles. The van der Waals surface area contributed by atoms with Crippen molar-refractivity contribution < 1.29 is 13.9 Å². The van der Waals surface area contributed by atoms with Crippen LogP contribution < -0.4 is 16.0 Å². The average molecular weight is 324 g/mol. The molecule has 4 saturated heterocycles. The molecule has 8 unspecified atom stereocenters. The highest BCUT2D eigenvalue weighted by atomic mass is 19.1. The predicted molar refractivity (Wildman–Crippen MR) is 81.3 cm³/mol. The first-order chi connectivity index (χ1) is 11.2. The number of nitrogens with one attached hydrogen (secondary N) is 3. The van der Waals surface area contributed by atoms with E-state index in [4.69, 9.17) is 4.74 Å². The number of rotatable bonds is 2. The van der Waals surface area contributed by atoms with Crippen LogP contribution in [0.2, 0.25) is 0 Å². The van der Waals surface area contributed by atoms with E-state index in [0.29, 0.717) is 37.6 Å². The molecule has 6 nitrogen and oxygen atoms in total. The van der Waals surface area contributed by atoms with Gasteiger partial charge in [-0.1, -0.05) is 0 Å². The quantitative estimate of drug-likeness (QED) is 0.651. The molecule has 5 aliphatic rings. The largest absolute Gasteiger partial charge is 0.373 e. The van der Waals surface area contributed by atoms with E-state index in [1.807, 2.05) is 0 Å². The van der Waals surface area contributed by atoms with Gasteiger partial charge in [0, 0.05) is 31.2 Å². The molecule has 5 rings (SSSR count). The van der Waals surface area contributed by atoms with Crippen LogP contribution in [0, 0.1) is 5.92 Å². The van der Waals surface area contributed by atoms with Crippen molar-refractivity contribution in [2.45, 2.75) is 74.9 Å². The van der Waals surface area contributed by atoms with Gasteiger partial charge in [-0.25, -0.2) is 4.39 Å². The number of carbonyl (C=O) groups excluding carboxylic acids is 1. The van der Waals surface area contributed by atoms with Gasteiger partial charge >= 0.3 is 0 Å². The monoisotopic (exact) mass is 324 g/mol. The van der Waals surface area contributed by atoms with Crippen molar-refractivity contribution in [2.24, 2.45) is 5.92 Å². The number of ether oxygens (including phenoxy) is 1. The number of hydrogen-bond donors (Lipinski definition) is 3. The third kappa shape index (κ3) is 2.32. The molecule has 0 aromatic carbocycles. The summed E-state index contributed by atoms with van der Waals surface area (Å²) < 4.78 is 20.0. The molecule has 3 N–H and O–H groups in total. The summed E-state index contributed by atoms with van der Waals surface area (Å²) >= 11 is 0. The van der Waals surface area contributed by atoms with Gasteiger partial charge in [0.2, 0.25) is 5.91 Å². The van der Waals surface area contributed by atoms with Crippen LogP contribution in [0.25, 0.3) is 0 Å². The second-order valence-electron chi connectivity index (χ2n) is 7.75. The Morgan fingerprint density at radius 2 is 2.17 bits per heavy atom. The Kier molecular flexibility index (Phi) is 3.40. The highest BCUT2D eigenvalue weighted by Gasteiger charge is 2.53. The molecule has 7 heteroatoms. The van der Waals surface area contributed by atoms with Gasteiger partial charge in [0.25, 0.3) is 0 Å². The van der Waals surface area contributed by atoms with Crippen LogP contribution >= 0.6 is 0 Å². The van der Waals surface area contributed by atoms with Crippen molar-refractivity contribution in [1.29, 1.82) is 0 Å². The van der Waals surface area contributed by atoms with Crippen LogP contribution in [-0.4, -0.2) is 66.7 Å². The fourth-order valence-electron chi connectivity index (χ4n) is 5.45. The molecule has 23 heavy (non-hydrogen) atoms. The van der Waals surface area contributed by atoms with Gasteiger partial charge in [-0.3, -0.25) is 20.3 Å². The minimum absolute atomic E-state index is 0.0237. The predicted octanol–water partition coefficient (Wildman–Crippen LogP) is -0.300. The van der Waals surface area contributed by atoms with Crippen LogP contribution in [0.5, 0.6) is 0 Å². The first-order valence-corrected chi connectivity index (χ1v) is 9.04. The Morgan fingerprint density at radius 1 is 1.26 bits per heavy atom. The number of amides is 1. The zero-order valence-corrected chi connectivity index (χ0v) is 13.2. The lowest BCUT2D eigenvalue weighted by atomic mass is 9.80. The maximum atomic E-state index is 14.1. The van der Waals surface area contributed by atoms with Crippen molar-refractivity contribution in [3.05, 3.63) is 0 Å². The molecule has 0 spiro atoms. The van der Waals surface area contributed by atoms with Crippen molar-refractivity contribution in [3.63, 3.8) is 0 Å². The maximum absolute atomic E-state index is 14.1. The standard InChI is InChI=1S/C16H25FN4O2/c17-8-5-10-14-12(6-8)20-16(21(14)4-3-18-15(10)22)19-11-7-9-1-2-13(11)23-9/h8-14,16,19-20H,1-7H2,(H,18,22). The van der Waals surface area contributed by atoms with E-state index in [2.05, 4.69) is 20.9 Å². The van der Waals surface area contributed by atoms with Gasteiger partial charge < -0.3 is 10.1 Å². The van der Waals surface area contributed by atoms with Gasteiger partial charge in [0.15, 0.2) is 0 Å². The van der Waals surface area contributed by atoms with Gasteiger partial charge in [-0.2, -0.15) is 0 Å². The minimum Gasteiger partial charge on any atom is -0.373 e. The lowest BCUT2D eigenvalue weighted by molar-refractivity contribution is -0.127. The molecule has 0 aromatic rings. The third-order valence-corrected chi connectivity index (χ3v) is 6.41. The van der Waals surface area contributed by atoms with E-state index in [-0.39, 0.29) is 30.2 Å². The summed E-state index contributed by atoms with van der Waals surface area (Å²) in [7, 11) is 0. The second kappa shape index (κ2) is 5.37. The number of alkyl halides is 1. The molecule has 2 bridgehead atoms. The highest BCUT2D eigenvalue weighted by Crippen LogP contribution is 2.38. The summed E-state index contributed by atoms with van der Waals surface area (Å²) in [6.45, 7) is 1.45. The Balaban J connectivity index is 1.36. The van der Waals surface area contributed by atoms with Gasteiger partial charge in [-0.15, -0.1) is 0 Å². The van der Waals surface area contributed by atoms with Gasteiger partial charge in [-0.05, 0) is 32.1 Å². The number of carbonyl (C=O) groups is 1. The molecule has 1 saturated carbocycles. The summed E-state index contributed by atoms with van der Waals surface area (Å²) in [6.07, 6.45) is 4.13. The average Bonchev–Trinajstić information content (AvgIpc) is 3.18. The van der Waals surface area contributed by atoms with Crippen molar-refractivity contribution >= 4 is 5.91 Å². The zero-order valence-electron chi connectivity index (χ0n) is 13.2. The Morgan fingerprint density at radius 3 is 2.96 bits per heavy atom. The minimum atomic E-state index is -0.885. The van der Waals surface area contributed by atoms with E-state index in [1.54, 1.807) is 0 Å². The third-order valence-electron chi connectivity index (χ3n) is 6.41. The lowest BCUT2D eigenvalue weighted by Gasteiger charge is -2.37. The molecule has 0 aromatic heterocycles. The van der Waals surface area contributed by atoms with Crippen LogP contribution in [0.3, 0.4) is 0 Å². The van der Waals surface area contributed by atoms with Crippen LogP contribution in [0.4, 0.5) is 4.39 Å². The van der Waals surface area contributed by atoms with E-state index < -0.39 is 6.17 Å². The Labute approximate surface area is 135 Å². The van der Waals surface area contributed by atoms with Crippen LogP contribution in [-0.2, 0) is 9.53 Å². The first kappa shape index (κ1) is 14.6. The fourth-order valence-corrected chi connectivity index (χ4v) is 5.45. The molecule has 8 atom stereocenters.